The molecule has 3 atom stereocenters. The summed E-state index contributed by atoms with van der Waals surface area (Å²) >= 11 is 0. The van der Waals surface area contributed by atoms with E-state index in [2.05, 4.69) is 28.8 Å². The van der Waals surface area contributed by atoms with Crippen molar-refractivity contribution in [2.45, 2.75) is 89.4 Å². The second kappa shape index (κ2) is 10.6. The van der Waals surface area contributed by atoms with E-state index < -0.39 is 0 Å². The Bertz CT molecular complexity index is 1250. The van der Waals surface area contributed by atoms with Gasteiger partial charge in [-0.25, -0.2) is 0 Å². The van der Waals surface area contributed by atoms with Gasteiger partial charge in [-0.15, -0.1) is 0 Å². The van der Waals surface area contributed by atoms with Crippen LogP contribution in [0.4, 0.5) is 0 Å². The number of amides is 2. The van der Waals surface area contributed by atoms with E-state index in [4.69, 9.17) is 9.47 Å². The lowest BCUT2D eigenvalue weighted by Crippen LogP contribution is -2.25. The highest BCUT2D eigenvalue weighted by molar-refractivity contribution is 5.75. The number of ether oxygens (including phenoxy) is 2. The molecule has 0 spiro atoms. The van der Waals surface area contributed by atoms with Crippen LogP contribution in [0.3, 0.4) is 0 Å². The van der Waals surface area contributed by atoms with Crippen molar-refractivity contribution in [3.05, 3.63) is 57.1 Å². The van der Waals surface area contributed by atoms with Crippen molar-refractivity contribution >= 4 is 11.8 Å². The maximum atomic E-state index is 12.0. The molecule has 1 unspecified atom stereocenters. The van der Waals surface area contributed by atoms with Gasteiger partial charge in [0, 0.05) is 49.9 Å². The van der Waals surface area contributed by atoms with E-state index in [-0.39, 0.29) is 11.8 Å². The van der Waals surface area contributed by atoms with Crippen LogP contribution in [0.25, 0.3) is 0 Å². The zero-order chi connectivity index (χ0) is 26.2. The summed E-state index contributed by atoms with van der Waals surface area (Å²) in [6, 6.07) is 6.90. The molecule has 6 nitrogen and oxygen atoms in total. The van der Waals surface area contributed by atoms with Gasteiger partial charge < -0.3 is 20.1 Å². The van der Waals surface area contributed by atoms with Crippen LogP contribution in [0.15, 0.2) is 18.2 Å². The van der Waals surface area contributed by atoms with Gasteiger partial charge in [0.2, 0.25) is 11.8 Å². The Labute approximate surface area is 225 Å². The molecule has 2 heterocycles. The lowest BCUT2D eigenvalue weighted by molar-refractivity contribution is -0.121. The Balaban J connectivity index is 1.32. The lowest BCUT2D eigenvalue weighted by atomic mass is 9.80. The number of carbonyl (C=O) groups excluding carboxylic acids is 2. The zero-order valence-corrected chi connectivity index (χ0v) is 22.8. The molecule has 2 aliphatic carbocycles. The van der Waals surface area contributed by atoms with E-state index in [1.165, 1.54) is 38.9 Å². The summed E-state index contributed by atoms with van der Waals surface area (Å²) in [4.78, 5) is 23.8. The Hall–Kier alpha value is -3.02. The number of nitrogens with one attached hydrogen (secondary N) is 2. The molecule has 6 heteroatoms. The molecule has 2 amide bonds. The first-order chi connectivity index (χ1) is 18.6. The minimum absolute atomic E-state index is 0.115. The van der Waals surface area contributed by atoms with E-state index in [9.17, 15) is 9.59 Å². The van der Waals surface area contributed by atoms with E-state index in [0.717, 1.165) is 76.2 Å². The van der Waals surface area contributed by atoms with E-state index in [1.54, 1.807) is 0 Å². The largest absolute Gasteiger partial charge is 0.493 e. The first-order valence-corrected chi connectivity index (χ1v) is 14.7. The average Bonchev–Trinajstić information content (AvgIpc) is 3.72. The number of aryl methyl sites for hydroxylation is 1. The molecule has 4 aliphatic rings. The van der Waals surface area contributed by atoms with Gasteiger partial charge in [-0.1, -0.05) is 26.0 Å². The molecule has 0 fully saturated rings. The van der Waals surface area contributed by atoms with Gasteiger partial charge in [-0.2, -0.15) is 0 Å². The number of benzene rings is 2. The normalized spacial score (nSPS) is 22.2. The Morgan fingerprint density at radius 1 is 0.868 bits per heavy atom. The number of hydrogen-bond acceptors (Lipinski definition) is 4. The van der Waals surface area contributed by atoms with Crippen LogP contribution < -0.4 is 20.1 Å². The second-order valence-corrected chi connectivity index (χ2v) is 11.3. The zero-order valence-electron chi connectivity index (χ0n) is 22.8. The van der Waals surface area contributed by atoms with Crippen molar-refractivity contribution in [1.82, 2.24) is 10.6 Å². The fourth-order valence-electron chi connectivity index (χ4n) is 7.49. The van der Waals surface area contributed by atoms with Crippen LogP contribution in [0.5, 0.6) is 11.5 Å². The molecule has 2 N–H and O–H groups in total. The third-order valence-electron chi connectivity index (χ3n) is 9.25. The van der Waals surface area contributed by atoms with Crippen LogP contribution in [-0.2, 0) is 35.3 Å². The maximum Gasteiger partial charge on any atom is 0.219 e. The highest BCUT2D eigenvalue weighted by Crippen LogP contribution is 2.55. The average molecular weight is 517 g/mol. The van der Waals surface area contributed by atoms with Gasteiger partial charge in [-0.05, 0) is 83.7 Å². The molecule has 0 bridgehead atoms. The molecule has 2 aromatic rings. The highest BCUT2D eigenvalue weighted by atomic mass is 16.5. The maximum absolute atomic E-state index is 12.0. The third kappa shape index (κ3) is 4.46. The van der Waals surface area contributed by atoms with Crippen molar-refractivity contribution in [2.75, 3.05) is 26.3 Å². The molecule has 0 aromatic heterocycles. The highest BCUT2D eigenvalue weighted by Gasteiger charge is 2.41. The number of fused-ring (bicyclic) bond motifs is 6. The molecule has 0 radical (unpaired) electrons. The van der Waals surface area contributed by atoms with Crippen molar-refractivity contribution in [3.63, 3.8) is 0 Å². The quantitative estimate of drug-likeness (QED) is 0.500. The summed E-state index contributed by atoms with van der Waals surface area (Å²) in [7, 11) is 0. The van der Waals surface area contributed by atoms with Crippen LogP contribution >= 0.6 is 0 Å². The topological polar surface area (TPSA) is 76.7 Å². The van der Waals surface area contributed by atoms with Crippen LogP contribution in [0.1, 0.15) is 103 Å². The molecule has 0 saturated carbocycles. The standard InChI is InChI=1S/C32H40N2O4/c1-3-28(35)33-13-9-19-5-6-20-18-26(32-24(30(19)20)12-16-38-32)25-17-21-7-8-27-23(11-15-37-27)31(21)22(25)10-14-34-29(36)4-2/h7-8,18-19,22,25H,3-6,9-17H2,1-2H3,(H,33,35)(H,34,36)/t19-,22+,25?/m0/s1. The minimum Gasteiger partial charge on any atom is -0.493 e. The fourth-order valence-corrected chi connectivity index (χ4v) is 7.49. The smallest absolute Gasteiger partial charge is 0.219 e. The van der Waals surface area contributed by atoms with Crippen LogP contribution in [-0.4, -0.2) is 38.1 Å². The Morgan fingerprint density at radius 2 is 1.61 bits per heavy atom. The summed E-state index contributed by atoms with van der Waals surface area (Å²) in [5.41, 5.74) is 10.1. The van der Waals surface area contributed by atoms with Crippen molar-refractivity contribution in [3.8, 4) is 11.5 Å². The summed E-state index contributed by atoms with van der Waals surface area (Å²) in [5.74, 6) is 3.59. The fraction of sp³-hybridized carbons (Fsp3) is 0.562. The number of carbonyl (C=O) groups is 2. The monoisotopic (exact) mass is 516 g/mol. The number of hydrogen-bond donors (Lipinski definition) is 2. The van der Waals surface area contributed by atoms with E-state index in [1.807, 2.05) is 13.8 Å². The Kier molecular flexibility index (Phi) is 7.07. The summed E-state index contributed by atoms with van der Waals surface area (Å²) in [6.45, 7) is 6.75. The van der Waals surface area contributed by atoms with Crippen LogP contribution in [0.2, 0.25) is 0 Å². The van der Waals surface area contributed by atoms with Gasteiger partial charge in [0.1, 0.15) is 11.5 Å². The van der Waals surface area contributed by atoms with Crippen LogP contribution in [0, 0.1) is 0 Å². The second-order valence-electron chi connectivity index (χ2n) is 11.3. The first kappa shape index (κ1) is 25.3. The van der Waals surface area contributed by atoms with Gasteiger partial charge in [0.25, 0.3) is 0 Å². The number of rotatable bonds is 9. The predicted molar refractivity (Wildman–Crippen MR) is 147 cm³/mol. The van der Waals surface area contributed by atoms with Crippen molar-refractivity contribution in [1.29, 1.82) is 0 Å². The van der Waals surface area contributed by atoms with Gasteiger partial charge in [0.05, 0.1) is 13.2 Å². The first-order valence-electron chi connectivity index (χ1n) is 14.7. The summed E-state index contributed by atoms with van der Waals surface area (Å²) in [5, 5.41) is 6.20. The third-order valence-corrected chi connectivity index (χ3v) is 9.25. The summed E-state index contributed by atoms with van der Waals surface area (Å²) in [6.07, 6.45) is 8.17. The van der Waals surface area contributed by atoms with E-state index in [0.29, 0.717) is 37.1 Å². The van der Waals surface area contributed by atoms with Crippen molar-refractivity contribution in [2.24, 2.45) is 0 Å². The lowest BCUT2D eigenvalue weighted by Gasteiger charge is -2.26. The SMILES string of the molecule is CCC(=O)NCC[C@@H]1CCc2cc(C3Cc4ccc5c(c4[C@@H]3CCNC(=O)CC)CCO5)c3c(c21)CCO3. The predicted octanol–water partition coefficient (Wildman–Crippen LogP) is 4.84. The van der Waals surface area contributed by atoms with Crippen molar-refractivity contribution < 1.29 is 19.1 Å². The minimum atomic E-state index is 0.115. The van der Waals surface area contributed by atoms with Gasteiger partial charge in [0.15, 0.2) is 0 Å². The molecule has 2 aromatic carbocycles. The Morgan fingerprint density at radius 3 is 2.39 bits per heavy atom. The molecule has 2 aliphatic heterocycles. The van der Waals surface area contributed by atoms with Gasteiger partial charge in [-0.3, -0.25) is 9.59 Å². The van der Waals surface area contributed by atoms with E-state index >= 15 is 0 Å². The molecule has 202 valence electrons. The molecule has 6 rings (SSSR count). The summed E-state index contributed by atoms with van der Waals surface area (Å²) < 4.78 is 12.4. The molecule has 38 heavy (non-hydrogen) atoms. The molecular formula is C32H40N2O4. The van der Waals surface area contributed by atoms with Gasteiger partial charge >= 0.3 is 0 Å². The molecule has 0 saturated heterocycles. The molecular weight excluding hydrogens is 476 g/mol.